The number of benzene rings is 2. The first kappa shape index (κ1) is 19.2. The van der Waals surface area contributed by atoms with Crippen molar-refractivity contribution in [2.45, 2.75) is 13.8 Å². The van der Waals surface area contributed by atoms with Crippen LogP contribution in [0.2, 0.25) is 5.02 Å². The molecule has 9 heteroatoms. The first-order chi connectivity index (χ1) is 12.7. The van der Waals surface area contributed by atoms with Crippen LogP contribution in [0.15, 0.2) is 46.9 Å². The number of rotatable bonds is 5. The van der Waals surface area contributed by atoms with Gasteiger partial charge in [0.15, 0.2) is 0 Å². The Balaban J connectivity index is 2.12. The van der Waals surface area contributed by atoms with E-state index in [0.29, 0.717) is 15.3 Å². The van der Waals surface area contributed by atoms with E-state index < -0.39 is 16.3 Å². The molecule has 0 saturated carbocycles. The lowest BCUT2D eigenvalue weighted by atomic mass is 10.2. The van der Waals surface area contributed by atoms with Crippen LogP contribution in [0.4, 0.5) is 11.4 Å². The van der Waals surface area contributed by atoms with Crippen molar-refractivity contribution in [3.63, 3.8) is 0 Å². The number of carbonyl (C=O) groups is 1. The molecular weight excluding hydrogens is 394 g/mol. The van der Waals surface area contributed by atoms with Crippen molar-refractivity contribution in [3.05, 3.63) is 58.8 Å². The largest absolute Gasteiger partial charge is 0.460 e. The van der Waals surface area contributed by atoms with Crippen molar-refractivity contribution < 1.29 is 26.9 Å². The zero-order valence-electron chi connectivity index (χ0n) is 14.5. The van der Waals surface area contributed by atoms with E-state index in [-0.39, 0.29) is 28.8 Å². The Hall–Kier alpha value is -2.55. The Morgan fingerprint density at radius 1 is 1.22 bits per heavy atom. The second-order valence-corrected chi connectivity index (χ2v) is 7.42. The van der Waals surface area contributed by atoms with E-state index in [1.165, 1.54) is 30.3 Å². The predicted molar refractivity (Wildman–Crippen MR) is 102 cm³/mol. The van der Waals surface area contributed by atoms with Crippen molar-refractivity contribution >= 4 is 50.2 Å². The first-order valence-electron chi connectivity index (χ1n) is 7.95. The van der Waals surface area contributed by atoms with E-state index in [0.717, 1.165) is 5.56 Å². The molecule has 3 aromatic rings. The van der Waals surface area contributed by atoms with E-state index in [1.54, 1.807) is 19.1 Å². The number of nitrogens with zero attached hydrogens (tertiary/aromatic N) is 1. The van der Waals surface area contributed by atoms with Crippen molar-refractivity contribution in [2.75, 3.05) is 10.9 Å². The number of esters is 1. The normalized spacial score (nSPS) is 11.6. The monoisotopic (exact) mass is 409 g/mol. The number of aryl methyl sites for hydroxylation is 1. The Bertz CT molecular complexity index is 1120. The highest BCUT2D eigenvalue weighted by Gasteiger charge is 2.25. The summed E-state index contributed by atoms with van der Waals surface area (Å²) < 4.78 is 44.8. The third-order valence-corrected chi connectivity index (χ3v) is 4.94. The summed E-state index contributed by atoms with van der Waals surface area (Å²) in [6.45, 7) is 3.68. The molecule has 27 heavy (non-hydrogen) atoms. The van der Waals surface area contributed by atoms with Crippen LogP contribution in [-0.2, 0) is 15.0 Å². The van der Waals surface area contributed by atoms with Gasteiger partial charge in [-0.05, 0) is 55.8 Å². The predicted octanol–water partition coefficient (Wildman–Crippen LogP) is 4.51. The molecule has 0 atom stereocenters. The van der Waals surface area contributed by atoms with E-state index in [9.17, 15) is 17.8 Å². The molecule has 0 amide bonds. The third-order valence-electron chi connectivity index (χ3n) is 3.76. The van der Waals surface area contributed by atoms with Gasteiger partial charge in [-0.2, -0.15) is 8.42 Å². The molecule has 1 aromatic heterocycles. The molecule has 0 bridgehead atoms. The second-order valence-electron chi connectivity index (χ2n) is 5.75. The van der Waals surface area contributed by atoms with Gasteiger partial charge in [0.05, 0.1) is 23.0 Å². The summed E-state index contributed by atoms with van der Waals surface area (Å²) in [7, 11) is -4.67. The minimum atomic E-state index is -4.67. The fraction of sp³-hybridized carbons (Fsp3) is 0.167. The fourth-order valence-electron chi connectivity index (χ4n) is 2.63. The topological polar surface area (TPSA) is 97.0 Å². The molecular formula is C18H16ClNO6S. The maximum atomic E-state index is 12.0. The van der Waals surface area contributed by atoms with Gasteiger partial charge in [-0.15, -0.1) is 0 Å². The van der Waals surface area contributed by atoms with E-state index in [1.807, 2.05) is 6.92 Å². The summed E-state index contributed by atoms with van der Waals surface area (Å²) in [4.78, 5) is 11.8. The molecule has 0 saturated heterocycles. The molecule has 0 spiro atoms. The summed E-state index contributed by atoms with van der Waals surface area (Å²) in [5, 5.41) is 0.625. The van der Waals surface area contributed by atoms with E-state index >= 15 is 0 Å². The van der Waals surface area contributed by atoms with Crippen molar-refractivity contribution in [1.29, 1.82) is 0 Å². The Morgan fingerprint density at radius 2 is 1.96 bits per heavy atom. The zero-order chi connectivity index (χ0) is 19.8. The molecule has 0 radical (unpaired) electrons. The molecule has 3 rings (SSSR count). The molecule has 0 unspecified atom stereocenters. The van der Waals surface area contributed by atoms with Gasteiger partial charge < -0.3 is 9.15 Å². The number of ether oxygens (including phenoxy) is 1. The lowest BCUT2D eigenvalue weighted by Gasteiger charge is -2.22. The lowest BCUT2D eigenvalue weighted by molar-refractivity contribution is 0.0492. The van der Waals surface area contributed by atoms with Gasteiger partial charge in [0.1, 0.15) is 5.58 Å². The summed E-state index contributed by atoms with van der Waals surface area (Å²) in [5.41, 5.74) is 1.43. The van der Waals surface area contributed by atoms with Gasteiger partial charge in [-0.25, -0.2) is 9.10 Å². The molecule has 0 aliphatic carbocycles. The van der Waals surface area contributed by atoms with Crippen LogP contribution in [0.5, 0.6) is 0 Å². The highest BCUT2D eigenvalue weighted by atomic mass is 35.5. The fourth-order valence-corrected chi connectivity index (χ4v) is 3.79. The van der Waals surface area contributed by atoms with E-state index in [4.69, 9.17) is 20.8 Å². The van der Waals surface area contributed by atoms with Crippen LogP contribution in [0, 0.1) is 6.92 Å². The molecule has 0 fully saturated rings. The van der Waals surface area contributed by atoms with Crippen LogP contribution in [0.25, 0.3) is 11.0 Å². The number of fused-ring (bicyclic) bond motifs is 1. The maximum Gasteiger partial charge on any atom is 0.374 e. The average molecular weight is 410 g/mol. The summed E-state index contributed by atoms with van der Waals surface area (Å²) in [5.74, 6) is -0.626. The van der Waals surface area contributed by atoms with Crippen LogP contribution in [0.1, 0.15) is 23.0 Å². The highest BCUT2D eigenvalue weighted by Crippen LogP contribution is 2.36. The van der Waals surface area contributed by atoms with Gasteiger partial charge in [0.25, 0.3) is 0 Å². The lowest BCUT2D eigenvalue weighted by Crippen LogP contribution is -2.25. The molecule has 0 aliphatic rings. The molecule has 0 aliphatic heterocycles. The molecule has 142 valence electrons. The number of carbonyl (C=O) groups excluding carboxylic acids is 1. The minimum Gasteiger partial charge on any atom is -0.460 e. The summed E-state index contributed by atoms with van der Waals surface area (Å²) in [6.07, 6.45) is 0. The number of hydrogen-bond donors (Lipinski definition) is 1. The maximum absolute atomic E-state index is 12.0. The second kappa shape index (κ2) is 7.22. The van der Waals surface area contributed by atoms with Crippen LogP contribution < -0.4 is 4.31 Å². The number of anilines is 2. The number of halogens is 1. The van der Waals surface area contributed by atoms with Gasteiger partial charge >= 0.3 is 16.3 Å². The zero-order valence-corrected chi connectivity index (χ0v) is 16.0. The standard InChI is InChI=1S/C18H16ClNO6S/c1-3-25-18(21)17-10-12-9-13(5-7-16(12)26-17)20(27(22,23)24)15-6-4-11(2)8-14(15)19/h4-10H,3H2,1-2H3,(H,22,23,24). The van der Waals surface area contributed by atoms with Gasteiger partial charge in [-0.3, -0.25) is 4.55 Å². The molecule has 1 heterocycles. The Labute approximate surface area is 161 Å². The molecule has 7 nitrogen and oxygen atoms in total. The SMILES string of the molecule is CCOC(=O)c1cc2cc(N(c3ccc(C)cc3Cl)S(=O)(=O)O)ccc2o1. The molecule has 2 aromatic carbocycles. The Kier molecular flexibility index (Phi) is 5.14. The van der Waals surface area contributed by atoms with Crippen molar-refractivity contribution in [1.82, 2.24) is 0 Å². The smallest absolute Gasteiger partial charge is 0.374 e. The van der Waals surface area contributed by atoms with Gasteiger partial charge in [0.2, 0.25) is 5.76 Å². The van der Waals surface area contributed by atoms with Crippen molar-refractivity contribution in [3.8, 4) is 0 Å². The first-order valence-corrected chi connectivity index (χ1v) is 9.73. The van der Waals surface area contributed by atoms with Gasteiger partial charge in [0, 0.05) is 5.39 Å². The summed E-state index contributed by atoms with van der Waals surface area (Å²) >= 11 is 6.18. The van der Waals surface area contributed by atoms with Crippen LogP contribution in [0.3, 0.4) is 0 Å². The number of hydrogen-bond acceptors (Lipinski definition) is 5. The number of furan rings is 1. The van der Waals surface area contributed by atoms with E-state index in [2.05, 4.69) is 0 Å². The average Bonchev–Trinajstić information content (AvgIpc) is 3.00. The quantitative estimate of drug-likeness (QED) is 0.491. The van der Waals surface area contributed by atoms with Crippen LogP contribution >= 0.6 is 11.6 Å². The van der Waals surface area contributed by atoms with Crippen molar-refractivity contribution in [2.24, 2.45) is 0 Å². The third kappa shape index (κ3) is 3.92. The highest BCUT2D eigenvalue weighted by molar-refractivity contribution is 7.87. The minimum absolute atomic E-state index is 0.00391. The summed E-state index contributed by atoms with van der Waals surface area (Å²) in [6, 6.07) is 10.6. The van der Waals surface area contributed by atoms with Crippen LogP contribution in [-0.4, -0.2) is 25.5 Å². The Morgan fingerprint density at radius 3 is 2.59 bits per heavy atom. The van der Waals surface area contributed by atoms with Gasteiger partial charge in [-0.1, -0.05) is 17.7 Å². The molecule has 1 N–H and O–H groups in total.